The number of rotatable bonds is 3. The average Bonchev–Trinajstić information content (AvgIpc) is 2.44. The SMILES string of the molecule is Cc1cc(C(=O)Nc2cc(Cl)c(Cl)cc2Cl)ccc1[N+](=O)[O-]. The zero-order chi connectivity index (χ0) is 16.4. The zero-order valence-corrected chi connectivity index (χ0v) is 13.5. The van der Waals surface area contributed by atoms with Crippen molar-refractivity contribution in [2.45, 2.75) is 6.92 Å². The molecule has 0 saturated carbocycles. The van der Waals surface area contributed by atoms with Gasteiger partial charge < -0.3 is 5.32 Å². The molecule has 0 aliphatic heterocycles. The summed E-state index contributed by atoms with van der Waals surface area (Å²) in [6.07, 6.45) is 0. The van der Waals surface area contributed by atoms with Crippen molar-refractivity contribution in [3.63, 3.8) is 0 Å². The highest BCUT2D eigenvalue weighted by Crippen LogP contribution is 2.32. The molecule has 22 heavy (non-hydrogen) atoms. The van der Waals surface area contributed by atoms with Gasteiger partial charge in [0.2, 0.25) is 0 Å². The Kier molecular flexibility index (Phi) is 4.90. The van der Waals surface area contributed by atoms with E-state index in [1.165, 1.54) is 30.3 Å². The fourth-order valence-corrected chi connectivity index (χ4v) is 2.41. The minimum atomic E-state index is -0.507. The molecule has 1 amide bonds. The molecule has 1 N–H and O–H groups in total. The van der Waals surface area contributed by atoms with Gasteiger partial charge in [0.05, 0.1) is 25.7 Å². The van der Waals surface area contributed by atoms with Crippen molar-refractivity contribution in [3.05, 3.63) is 66.6 Å². The van der Waals surface area contributed by atoms with Crippen molar-refractivity contribution < 1.29 is 9.72 Å². The molecule has 0 atom stereocenters. The molecule has 0 aliphatic carbocycles. The topological polar surface area (TPSA) is 72.2 Å². The van der Waals surface area contributed by atoms with E-state index in [-0.39, 0.29) is 26.3 Å². The Morgan fingerprint density at radius 3 is 2.32 bits per heavy atom. The van der Waals surface area contributed by atoms with Gasteiger partial charge in [0, 0.05) is 17.2 Å². The van der Waals surface area contributed by atoms with Crippen LogP contribution < -0.4 is 5.32 Å². The quantitative estimate of drug-likeness (QED) is 0.470. The van der Waals surface area contributed by atoms with E-state index in [1.807, 2.05) is 0 Å². The second-order valence-corrected chi connectivity index (χ2v) is 5.68. The van der Waals surface area contributed by atoms with Gasteiger partial charge in [-0.25, -0.2) is 0 Å². The van der Waals surface area contributed by atoms with Gasteiger partial charge in [-0.2, -0.15) is 0 Å². The summed E-state index contributed by atoms with van der Waals surface area (Å²) in [5.41, 5.74) is 0.907. The van der Waals surface area contributed by atoms with Crippen LogP contribution in [-0.2, 0) is 0 Å². The van der Waals surface area contributed by atoms with Crippen molar-refractivity contribution in [1.29, 1.82) is 0 Å². The lowest BCUT2D eigenvalue weighted by atomic mass is 10.1. The second kappa shape index (κ2) is 6.52. The molecule has 0 unspecified atom stereocenters. The number of nitro benzene ring substituents is 1. The summed E-state index contributed by atoms with van der Waals surface area (Å²) in [5.74, 6) is -0.460. The molecule has 0 fully saturated rings. The number of nitro groups is 1. The predicted octanol–water partition coefficient (Wildman–Crippen LogP) is 5.12. The van der Waals surface area contributed by atoms with Crippen molar-refractivity contribution in [1.82, 2.24) is 0 Å². The van der Waals surface area contributed by atoms with Crippen molar-refractivity contribution >= 4 is 52.1 Å². The van der Waals surface area contributed by atoms with Gasteiger partial charge >= 0.3 is 0 Å². The highest BCUT2D eigenvalue weighted by Gasteiger charge is 2.15. The van der Waals surface area contributed by atoms with Crippen LogP contribution in [0, 0.1) is 17.0 Å². The molecule has 2 aromatic rings. The highest BCUT2D eigenvalue weighted by molar-refractivity contribution is 6.44. The number of carbonyl (C=O) groups is 1. The Labute approximate surface area is 140 Å². The van der Waals surface area contributed by atoms with E-state index in [9.17, 15) is 14.9 Å². The molecule has 0 bridgehead atoms. The van der Waals surface area contributed by atoms with Gasteiger partial charge in [0.25, 0.3) is 11.6 Å². The van der Waals surface area contributed by atoms with Crippen LogP contribution in [0.25, 0.3) is 0 Å². The minimum Gasteiger partial charge on any atom is -0.321 e. The Balaban J connectivity index is 2.28. The summed E-state index contributed by atoms with van der Waals surface area (Å²) in [6.45, 7) is 1.56. The van der Waals surface area contributed by atoms with Crippen LogP contribution in [0.4, 0.5) is 11.4 Å². The minimum absolute atomic E-state index is 0.0517. The number of hydrogen-bond acceptors (Lipinski definition) is 3. The van der Waals surface area contributed by atoms with Gasteiger partial charge in [-0.05, 0) is 31.2 Å². The van der Waals surface area contributed by atoms with E-state index in [0.29, 0.717) is 11.3 Å². The zero-order valence-electron chi connectivity index (χ0n) is 11.2. The van der Waals surface area contributed by atoms with Crippen molar-refractivity contribution in [2.24, 2.45) is 0 Å². The molecular weight excluding hydrogens is 351 g/mol. The van der Waals surface area contributed by atoms with Gasteiger partial charge in [-0.15, -0.1) is 0 Å². The van der Waals surface area contributed by atoms with E-state index >= 15 is 0 Å². The van der Waals surface area contributed by atoms with E-state index in [2.05, 4.69) is 5.32 Å². The van der Waals surface area contributed by atoms with Crippen LogP contribution in [0.2, 0.25) is 15.1 Å². The van der Waals surface area contributed by atoms with Crippen LogP contribution in [-0.4, -0.2) is 10.8 Å². The molecule has 0 heterocycles. The molecule has 114 valence electrons. The summed E-state index contributed by atoms with van der Waals surface area (Å²) in [5, 5.41) is 14.1. The molecule has 0 spiro atoms. The Morgan fingerprint density at radius 1 is 1.09 bits per heavy atom. The lowest BCUT2D eigenvalue weighted by Crippen LogP contribution is -2.12. The van der Waals surface area contributed by atoms with Gasteiger partial charge in [0.15, 0.2) is 0 Å². The maximum Gasteiger partial charge on any atom is 0.272 e. The summed E-state index contributed by atoms with van der Waals surface area (Å²) in [4.78, 5) is 22.4. The van der Waals surface area contributed by atoms with E-state index in [4.69, 9.17) is 34.8 Å². The number of halogens is 3. The fraction of sp³-hybridized carbons (Fsp3) is 0.0714. The molecule has 8 heteroatoms. The number of amides is 1. The molecule has 0 aromatic heterocycles. The van der Waals surface area contributed by atoms with E-state index < -0.39 is 10.8 Å². The van der Waals surface area contributed by atoms with E-state index in [0.717, 1.165) is 0 Å². The summed E-state index contributed by atoms with van der Waals surface area (Å²) in [6, 6.07) is 6.93. The number of benzene rings is 2. The number of carbonyl (C=O) groups excluding carboxylic acids is 1. The van der Waals surface area contributed by atoms with Crippen molar-refractivity contribution in [2.75, 3.05) is 5.32 Å². The molecular formula is C14H9Cl3N2O3. The first-order valence-electron chi connectivity index (χ1n) is 6.00. The van der Waals surface area contributed by atoms with Crippen LogP contribution in [0.5, 0.6) is 0 Å². The number of aryl methyl sites for hydroxylation is 1. The summed E-state index contributed by atoms with van der Waals surface area (Å²) < 4.78 is 0. The predicted molar refractivity (Wildman–Crippen MR) is 87.3 cm³/mol. The van der Waals surface area contributed by atoms with E-state index in [1.54, 1.807) is 6.92 Å². The monoisotopic (exact) mass is 358 g/mol. The second-order valence-electron chi connectivity index (χ2n) is 4.46. The fourth-order valence-electron chi connectivity index (χ4n) is 1.81. The largest absolute Gasteiger partial charge is 0.321 e. The standard InChI is InChI=1S/C14H9Cl3N2O3/c1-7-4-8(2-3-13(7)19(21)22)14(20)18-12-6-10(16)9(15)5-11(12)17/h2-6H,1H3,(H,18,20). The average molecular weight is 360 g/mol. The number of anilines is 1. The maximum absolute atomic E-state index is 12.2. The number of hydrogen-bond donors (Lipinski definition) is 1. The normalized spacial score (nSPS) is 10.4. The molecule has 0 aliphatic rings. The molecule has 0 saturated heterocycles. The van der Waals surface area contributed by atoms with Crippen LogP contribution >= 0.6 is 34.8 Å². The lowest BCUT2D eigenvalue weighted by molar-refractivity contribution is -0.385. The van der Waals surface area contributed by atoms with Gasteiger partial charge in [0.1, 0.15) is 0 Å². The Morgan fingerprint density at radius 2 is 1.73 bits per heavy atom. The first-order valence-corrected chi connectivity index (χ1v) is 7.14. The van der Waals surface area contributed by atoms with Gasteiger partial charge in [-0.3, -0.25) is 14.9 Å². The third-order valence-electron chi connectivity index (χ3n) is 2.91. The maximum atomic E-state index is 12.2. The molecule has 0 radical (unpaired) electrons. The Bertz CT molecular complexity index is 778. The van der Waals surface area contributed by atoms with Gasteiger partial charge in [-0.1, -0.05) is 34.8 Å². The molecule has 2 rings (SSSR count). The molecule has 2 aromatic carbocycles. The lowest BCUT2D eigenvalue weighted by Gasteiger charge is -2.09. The smallest absolute Gasteiger partial charge is 0.272 e. The summed E-state index contributed by atoms with van der Waals surface area (Å²) in [7, 11) is 0. The van der Waals surface area contributed by atoms with Crippen molar-refractivity contribution in [3.8, 4) is 0 Å². The highest BCUT2D eigenvalue weighted by atomic mass is 35.5. The number of nitrogens with one attached hydrogen (secondary N) is 1. The third-order valence-corrected chi connectivity index (χ3v) is 3.95. The first-order chi connectivity index (χ1) is 10.3. The Hall–Kier alpha value is -1.82. The summed E-state index contributed by atoms with van der Waals surface area (Å²) >= 11 is 17.7. The van der Waals surface area contributed by atoms with Crippen LogP contribution in [0.15, 0.2) is 30.3 Å². The third kappa shape index (κ3) is 3.50. The van der Waals surface area contributed by atoms with Crippen LogP contribution in [0.3, 0.4) is 0 Å². The van der Waals surface area contributed by atoms with Crippen LogP contribution in [0.1, 0.15) is 15.9 Å². The molecule has 5 nitrogen and oxygen atoms in total. The number of nitrogens with zero attached hydrogens (tertiary/aromatic N) is 1. The first kappa shape index (κ1) is 16.5.